The quantitative estimate of drug-likeness (QED) is 0.736. The zero-order chi connectivity index (χ0) is 18.5. The summed E-state index contributed by atoms with van der Waals surface area (Å²) in [4.78, 5) is 24.5. The monoisotopic (exact) mass is 349 g/mol. The standard InChI is InChI=1S/C20H19N3O3/c1-3-21-19(24)15-9-11-16(12-10-15)22-20(25)17-13(2)26-23-18(17)14-7-5-4-6-8-14/h4-12H,3H2,1-2H3,(H,21,24)(H,22,25). The van der Waals surface area contributed by atoms with Crippen LogP contribution in [0.3, 0.4) is 0 Å². The third-order valence-electron chi connectivity index (χ3n) is 3.88. The van der Waals surface area contributed by atoms with Gasteiger partial charge in [0.1, 0.15) is 17.0 Å². The van der Waals surface area contributed by atoms with Crippen molar-refractivity contribution in [2.24, 2.45) is 0 Å². The molecule has 0 unspecified atom stereocenters. The van der Waals surface area contributed by atoms with Crippen molar-refractivity contribution in [1.82, 2.24) is 10.5 Å². The number of aromatic nitrogens is 1. The number of benzene rings is 2. The van der Waals surface area contributed by atoms with Gasteiger partial charge in [0.2, 0.25) is 0 Å². The number of amides is 2. The van der Waals surface area contributed by atoms with Gasteiger partial charge in [-0.25, -0.2) is 0 Å². The van der Waals surface area contributed by atoms with Gasteiger partial charge in [0, 0.05) is 23.4 Å². The molecule has 1 heterocycles. The molecule has 2 N–H and O–H groups in total. The van der Waals surface area contributed by atoms with Crippen molar-refractivity contribution in [1.29, 1.82) is 0 Å². The minimum atomic E-state index is -0.312. The van der Waals surface area contributed by atoms with Gasteiger partial charge < -0.3 is 15.2 Å². The smallest absolute Gasteiger partial charge is 0.261 e. The van der Waals surface area contributed by atoms with Crippen molar-refractivity contribution < 1.29 is 14.1 Å². The van der Waals surface area contributed by atoms with Crippen LogP contribution in [0.4, 0.5) is 5.69 Å². The molecule has 132 valence electrons. The summed E-state index contributed by atoms with van der Waals surface area (Å²) in [5.41, 5.74) is 2.82. The van der Waals surface area contributed by atoms with Gasteiger partial charge in [-0.1, -0.05) is 35.5 Å². The van der Waals surface area contributed by atoms with Crippen LogP contribution in [-0.2, 0) is 0 Å². The summed E-state index contributed by atoms with van der Waals surface area (Å²) >= 11 is 0. The summed E-state index contributed by atoms with van der Waals surface area (Å²) in [5.74, 6) is -0.0136. The SMILES string of the molecule is CCNC(=O)c1ccc(NC(=O)c2c(-c3ccccc3)noc2C)cc1. The van der Waals surface area contributed by atoms with E-state index in [9.17, 15) is 9.59 Å². The molecule has 0 spiro atoms. The van der Waals surface area contributed by atoms with Crippen LogP contribution in [0, 0.1) is 6.92 Å². The maximum atomic E-state index is 12.7. The number of nitrogens with zero attached hydrogens (tertiary/aromatic N) is 1. The Balaban J connectivity index is 1.81. The Morgan fingerprint density at radius 3 is 2.35 bits per heavy atom. The van der Waals surface area contributed by atoms with E-state index in [0.717, 1.165) is 5.56 Å². The van der Waals surface area contributed by atoms with E-state index in [4.69, 9.17) is 4.52 Å². The van der Waals surface area contributed by atoms with Crippen LogP contribution in [0.15, 0.2) is 59.1 Å². The zero-order valence-electron chi connectivity index (χ0n) is 14.6. The summed E-state index contributed by atoms with van der Waals surface area (Å²) in [5, 5.41) is 9.57. The molecule has 1 aromatic heterocycles. The van der Waals surface area contributed by atoms with Crippen molar-refractivity contribution >= 4 is 17.5 Å². The average molecular weight is 349 g/mol. The second-order valence-electron chi connectivity index (χ2n) is 5.72. The van der Waals surface area contributed by atoms with Crippen LogP contribution in [0.5, 0.6) is 0 Å². The van der Waals surface area contributed by atoms with Crippen molar-refractivity contribution in [3.05, 3.63) is 71.5 Å². The molecule has 0 saturated carbocycles. The summed E-state index contributed by atoms with van der Waals surface area (Å²) in [6.07, 6.45) is 0. The summed E-state index contributed by atoms with van der Waals surface area (Å²) in [6.45, 7) is 4.12. The van der Waals surface area contributed by atoms with E-state index in [0.29, 0.717) is 34.8 Å². The second-order valence-corrected chi connectivity index (χ2v) is 5.72. The molecule has 0 radical (unpaired) electrons. The van der Waals surface area contributed by atoms with Crippen LogP contribution in [0.2, 0.25) is 0 Å². The molecule has 2 aromatic carbocycles. The van der Waals surface area contributed by atoms with Gasteiger partial charge in [0.25, 0.3) is 11.8 Å². The van der Waals surface area contributed by atoms with Crippen molar-refractivity contribution in [3.63, 3.8) is 0 Å². The highest BCUT2D eigenvalue weighted by Crippen LogP contribution is 2.26. The highest BCUT2D eigenvalue weighted by molar-refractivity contribution is 6.09. The highest BCUT2D eigenvalue weighted by Gasteiger charge is 2.21. The number of carbonyl (C=O) groups is 2. The molecule has 6 heteroatoms. The fourth-order valence-electron chi connectivity index (χ4n) is 2.59. The Labute approximate surface area is 151 Å². The number of anilines is 1. The third-order valence-corrected chi connectivity index (χ3v) is 3.88. The Morgan fingerprint density at radius 1 is 1.00 bits per heavy atom. The van der Waals surface area contributed by atoms with E-state index in [1.54, 1.807) is 31.2 Å². The lowest BCUT2D eigenvalue weighted by molar-refractivity contribution is 0.0955. The summed E-state index contributed by atoms with van der Waals surface area (Å²) < 4.78 is 5.22. The van der Waals surface area contributed by atoms with Gasteiger partial charge in [0.15, 0.2) is 0 Å². The molecule has 2 amide bonds. The fraction of sp³-hybridized carbons (Fsp3) is 0.150. The van der Waals surface area contributed by atoms with Gasteiger partial charge in [-0.3, -0.25) is 9.59 Å². The molecular formula is C20H19N3O3. The van der Waals surface area contributed by atoms with E-state index in [1.807, 2.05) is 37.3 Å². The molecule has 0 aliphatic heterocycles. The minimum Gasteiger partial charge on any atom is -0.360 e. The van der Waals surface area contributed by atoms with Crippen LogP contribution >= 0.6 is 0 Å². The predicted molar refractivity (Wildman–Crippen MR) is 99.1 cm³/mol. The maximum absolute atomic E-state index is 12.7. The first kappa shape index (κ1) is 17.4. The summed E-state index contributed by atoms with van der Waals surface area (Å²) in [7, 11) is 0. The number of carbonyl (C=O) groups excluding carboxylic acids is 2. The average Bonchev–Trinajstić information content (AvgIpc) is 3.05. The van der Waals surface area contributed by atoms with Gasteiger partial charge in [-0.05, 0) is 38.1 Å². The van der Waals surface area contributed by atoms with E-state index in [1.165, 1.54) is 0 Å². The van der Waals surface area contributed by atoms with Crippen molar-refractivity contribution in [3.8, 4) is 11.3 Å². The Morgan fingerprint density at radius 2 is 1.69 bits per heavy atom. The van der Waals surface area contributed by atoms with E-state index >= 15 is 0 Å². The van der Waals surface area contributed by atoms with Crippen LogP contribution in [0.1, 0.15) is 33.4 Å². The van der Waals surface area contributed by atoms with E-state index in [2.05, 4.69) is 15.8 Å². The van der Waals surface area contributed by atoms with E-state index in [-0.39, 0.29) is 11.8 Å². The predicted octanol–water partition coefficient (Wildman–Crippen LogP) is 3.65. The van der Waals surface area contributed by atoms with E-state index < -0.39 is 0 Å². The molecule has 0 saturated heterocycles. The molecule has 0 fully saturated rings. The molecule has 6 nitrogen and oxygen atoms in total. The normalized spacial score (nSPS) is 10.4. The highest BCUT2D eigenvalue weighted by atomic mass is 16.5. The zero-order valence-corrected chi connectivity index (χ0v) is 14.6. The lowest BCUT2D eigenvalue weighted by atomic mass is 10.1. The van der Waals surface area contributed by atoms with Crippen LogP contribution in [-0.4, -0.2) is 23.5 Å². The summed E-state index contributed by atoms with van der Waals surface area (Å²) in [6, 6.07) is 16.1. The number of rotatable bonds is 5. The molecule has 0 bridgehead atoms. The molecule has 0 aliphatic carbocycles. The molecule has 3 aromatic rings. The third kappa shape index (κ3) is 3.64. The van der Waals surface area contributed by atoms with Gasteiger partial charge in [-0.2, -0.15) is 0 Å². The van der Waals surface area contributed by atoms with Crippen LogP contribution < -0.4 is 10.6 Å². The first-order chi connectivity index (χ1) is 12.6. The molecule has 26 heavy (non-hydrogen) atoms. The van der Waals surface area contributed by atoms with Crippen molar-refractivity contribution in [2.75, 3.05) is 11.9 Å². The molecule has 0 aliphatic rings. The number of aryl methyl sites for hydroxylation is 1. The largest absolute Gasteiger partial charge is 0.360 e. The number of nitrogens with one attached hydrogen (secondary N) is 2. The number of hydrogen-bond donors (Lipinski definition) is 2. The second kappa shape index (κ2) is 7.65. The maximum Gasteiger partial charge on any atom is 0.261 e. The Kier molecular flexibility index (Phi) is 5.12. The first-order valence-electron chi connectivity index (χ1n) is 8.31. The van der Waals surface area contributed by atoms with Gasteiger partial charge >= 0.3 is 0 Å². The van der Waals surface area contributed by atoms with Gasteiger partial charge in [0.05, 0.1) is 0 Å². The lowest BCUT2D eigenvalue weighted by Crippen LogP contribution is -2.22. The fourth-order valence-corrected chi connectivity index (χ4v) is 2.59. The molecule has 3 rings (SSSR count). The van der Waals surface area contributed by atoms with Crippen LogP contribution in [0.25, 0.3) is 11.3 Å². The van der Waals surface area contributed by atoms with Crippen molar-refractivity contribution in [2.45, 2.75) is 13.8 Å². The Hall–Kier alpha value is -3.41. The first-order valence-corrected chi connectivity index (χ1v) is 8.31. The van der Waals surface area contributed by atoms with Gasteiger partial charge in [-0.15, -0.1) is 0 Å². The lowest BCUT2D eigenvalue weighted by Gasteiger charge is -2.07. The number of hydrogen-bond acceptors (Lipinski definition) is 4. The Bertz CT molecular complexity index is 915. The topological polar surface area (TPSA) is 84.2 Å². The minimum absolute atomic E-state index is 0.147. The molecule has 0 atom stereocenters. The molecular weight excluding hydrogens is 330 g/mol.